The van der Waals surface area contributed by atoms with Gasteiger partial charge in [0.05, 0.1) is 84.2 Å². The molecule has 2 aromatic heterocycles. The molecule has 0 radical (unpaired) electrons. The lowest BCUT2D eigenvalue weighted by Gasteiger charge is -2.38. The number of Topliss-reactive ketones (excluding diaryl/α,β-unsaturated/α-hetero) is 1. The lowest BCUT2D eigenvalue weighted by atomic mass is 9.88. The second-order valence-electron chi connectivity index (χ2n) is 13.5. The molecular weight excluding hydrogens is 814 g/mol. The maximum Gasteiger partial charge on any atom is 0.341 e. The highest BCUT2D eigenvalue weighted by atomic mass is 35.5. The van der Waals surface area contributed by atoms with Crippen LogP contribution in [0.15, 0.2) is 49.1 Å². The van der Waals surface area contributed by atoms with E-state index in [0.717, 1.165) is 5.56 Å². The monoisotopic (exact) mass is 850 g/mol. The zero-order valence-corrected chi connectivity index (χ0v) is 33.9. The molecule has 0 aliphatic carbocycles. The Hall–Kier alpha value is -4.24. The number of benzene rings is 2. The minimum absolute atomic E-state index is 0.0244. The fourth-order valence-electron chi connectivity index (χ4n) is 5.90. The topological polar surface area (TPSA) is 143 Å². The Morgan fingerprint density at radius 2 is 1.02 bits per heavy atom. The van der Waals surface area contributed by atoms with E-state index in [1.807, 2.05) is 6.92 Å². The summed E-state index contributed by atoms with van der Waals surface area (Å²) in [5.41, 5.74) is 1.81. The summed E-state index contributed by atoms with van der Waals surface area (Å²) in [5, 5.41) is 1.92. The van der Waals surface area contributed by atoms with Crippen LogP contribution in [0, 0.1) is 17.8 Å². The van der Waals surface area contributed by atoms with Gasteiger partial charge < -0.3 is 42.6 Å². The van der Waals surface area contributed by atoms with Crippen LogP contribution in [0.5, 0.6) is 34.5 Å². The summed E-state index contributed by atoms with van der Waals surface area (Å²) in [6.45, 7) is 5.93. The molecule has 6 heterocycles. The van der Waals surface area contributed by atoms with Crippen LogP contribution in [0.4, 0.5) is 0 Å². The first kappa shape index (κ1) is 41.4. The average Bonchev–Trinajstić information content (AvgIpc) is 3.52. The van der Waals surface area contributed by atoms with Crippen molar-refractivity contribution in [3.63, 3.8) is 0 Å². The van der Waals surface area contributed by atoms with Gasteiger partial charge in [0, 0.05) is 36.8 Å². The number of aromatic nitrogens is 2. The molecule has 0 N–H and O–H groups in total. The van der Waals surface area contributed by atoms with Crippen LogP contribution in [0.3, 0.4) is 0 Å². The van der Waals surface area contributed by atoms with Gasteiger partial charge in [0.2, 0.25) is 11.5 Å². The van der Waals surface area contributed by atoms with Gasteiger partial charge in [-0.1, -0.05) is 46.4 Å². The Labute approximate surface area is 343 Å². The van der Waals surface area contributed by atoms with Gasteiger partial charge >= 0.3 is 5.97 Å². The number of carbonyl (C=O) groups is 2. The number of rotatable bonds is 6. The van der Waals surface area contributed by atoms with Gasteiger partial charge in [0.15, 0.2) is 28.8 Å². The number of halogens is 4. The van der Waals surface area contributed by atoms with Crippen LogP contribution < -0.4 is 28.4 Å². The van der Waals surface area contributed by atoms with Crippen molar-refractivity contribution in [1.29, 1.82) is 0 Å². The highest BCUT2D eigenvalue weighted by molar-refractivity contribution is 6.36. The molecule has 4 aliphatic heterocycles. The Morgan fingerprint density at radius 1 is 0.607 bits per heavy atom. The van der Waals surface area contributed by atoms with Crippen molar-refractivity contribution in [3.8, 4) is 34.5 Å². The van der Waals surface area contributed by atoms with Gasteiger partial charge in [-0.15, -0.1) is 0 Å². The lowest BCUT2D eigenvalue weighted by Crippen LogP contribution is -2.50. The van der Waals surface area contributed by atoms with Crippen molar-refractivity contribution in [1.82, 2.24) is 9.97 Å². The van der Waals surface area contributed by atoms with Gasteiger partial charge in [-0.25, -0.2) is 4.79 Å². The van der Waals surface area contributed by atoms with Crippen LogP contribution in [0.2, 0.25) is 20.1 Å². The predicted octanol–water partition coefficient (Wildman–Crippen LogP) is 7.58. The summed E-state index contributed by atoms with van der Waals surface area (Å²) in [5.74, 6) is 2.02. The second-order valence-corrected chi connectivity index (χ2v) is 15.1. The van der Waals surface area contributed by atoms with Crippen LogP contribution in [0.25, 0.3) is 0 Å². The SMILES string of the molecule is COC(=O)c1ccc(OC)c2c1OCC1(COC1)CO2.COc1ccc(C(=O)Cc2c(Cl)cncc2Cl)c2c1OCC1(COC1)CO2.Cc1c(Cl)cncc1Cl. The highest BCUT2D eigenvalue weighted by Crippen LogP contribution is 2.47. The molecule has 4 aliphatic rings. The second kappa shape index (κ2) is 17.9. The van der Waals surface area contributed by atoms with Gasteiger partial charge in [0.25, 0.3) is 0 Å². The minimum atomic E-state index is -0.465. The number of nitrogens with zero attached hydrogens (tertiary/aromatic N) is 2. The smallest absolute Gasteiger partial charge is 0.341 e. The molecule has 2 spiro atoms. The Morgan fingerprint density at radius 3 is 1.41 bits per heavy atom. The number of ether oxygens (including phenoxy) is 9. The Balaban J connectivity index is 0.000000160. The number of esters is 1. The molecule has 0 atom stereocenters. The number of methoxy groups -OCH3 is 3. The third-order valence-electron chi connectivity index (χ3n) is 9.40. The number of ketones is 1. The summed E-state index contributed by atoms with van der Waals surface area (Å²) >= 11 is 23.6. The van der Waals surface area contributed by atoms with Crippen LogP contribution in [-0.4, -0.2) is 95.9 Å². The van der Waals surface area contributed by atoms with Crippen LogP contribution in [0.1, 0.15) is 31.8 Å². The van der Waals surface area contributed by atoms with Crippen molar-refractivity contribution >= 4 is 58.2 Å². The number of fused-ring (bicyclic) bond motifs is 2. The molecule has 298 valence electrons. The van der Waals surface area contributed by atoms with Gasteiger partial charge in [-0.3, -0.25) is 14.8 Å². The summed E-state index contributed by atoms with van der Waals surface area (Å²) in [7, 11) is 4.42. The van der Waals surface area contributed by atoms with E-state index in [4.69, 9.17) is 89.0 Å². The van der Waals surface area contributed by atoms with E-state index in [-0.39, 0.29) is 23.0 Å². The van der Waals surface area contributed by atoms with Crippen molar-refractivity contribution in [2.75, 3.05) is 74.2 Å². The first-order valence-corrected chi connectivity index (χ1v) is 18.7. The third kappa shape index (κ3) is 8.83. The van der Waals surface area contributed by atoms with E-state index in [1.54, 1.807) is 50.9 Å². The van der Waals surface area contributed by atoms with Gasteiger partial charge in [0.1, 0.15) is 32.0 Å². The molecule has 4 aromatic rings. The van der Waals surface area contributed by atoms with Gasteiger partial charge in [-0.05, 0) is 36.8 Å². The molecule has 56 heavy (non-hydrogen) atoms. The molecule has 8 rings (SSSR count). The molecule has 2 aromatic carbocycles. The quantitative estimate of drug-likeness (QED) is 0.139. The molecule has 0 unspecified atom stereocenters. The van der Waals surface area contributed by atoms with E-state index in [0.29, 0.717) is 124 Å². The summed E-state index contributed by atoms with van der Waals surface area (Å²) < 4.78 is 49.6. The molecule has 0 amide bonds. The molecule has 0 saturated carbocycles. The first-order chi connectivity index (χ1) is 26.9. The van der Waals surface area contributed by atoms with E-state index < -0.39 is 5.97 Å². The first-order valence-electron chi connectivity index (χ1n) is 17.2. The normalized spacial score (nSPS) is 16.6. The van der Waals surface area contributed by atoms with Crippen molar-refractivity contribution in [2.45, 2.75) is 13.3 Å². The Kier molecular flexibility index (Phi) is 13.2. The number of hydrogen-bond donors (Lipinski definition) is 0. The van der Waals surface area contributed by atoms with E-state index >= 15 is 0 Å². The van der Waals surface area contributed by atoms with E-state index in [1.165, 1.54) is 19.5 Å². The maximum absolute atomic E-state index is 13.0. The third-order valence-corrected chi connectivity index (χ3v) is 10.8. The van der Waals surface area contributed by atoms with Crippen LogP contribution >= 0.6 is 46.4 Å². The predicted molar refractivity (Wildman–Crippen MR) is 207 cm³/mol. The van der Waals surface area contributed by atoms with Crippen molar-refractivity contribution in [3.05, 3.63) is 91.4 Å². The number of pyridine rings is 2. The molecular formula is C39H38Cl4N2O11. The maximum atomic E-state index is 13.0. The zero-order chi connectivity index (χ0) is 40.0. The largest absolute Gasteiger partial charge is 0.493 e. The summed E-state index contributed by atoms with van der Waals surface area (Å²) in [4.78, 5) is 32.5. The fourth-order valence-corrected chi connectivity index (χ4v) is 6.76. The van der Waals surface area contributed by atoms with Crippen LogP contribution in [-0.2, 0) is 20.6 Å². The molecule has 0 bridgehead atoms. The number of carbonyl (C=O) groups excluding carboxylic acids is 2. The van der Waals surface area contributed by atoms with Gasteiger partial charge in [-0.2, -0.15) is 0 Å². The van der Waals surface area contributed by atoms with Crippen molar-refractivity contribution in [2.24, 2.45) is 10.8 Å². The molecule has 13 nitrogen and oxygen atoms in total. The highest BCUT2D eigenvalue weighted by Gasteiger charge is 2.45. The zero-order valence-electron chi connectivity index (χ0n) is 30.9. The summed E-state index contributed by atoms with van der Waals surface area (Å²) in [6, 6.07) is 6.65. The van der Waals surface area contributed by atoms with Crippen molar-refractivity contribution < 1.29 is 52.2 Å². The summed E-state index contributed by atoms with van der Waals surface area (Å²) in [6.07, 6.45) is 6.09. The van der Waals surface area contributed by atoms with E-state index in [2.05, 4.69) is 9.97 Å². The van der Waals surface area contributed by atoms with E-state index in [9.17, 15) is 9.59 Å². The molecule has 17 heteroatoms. The lowest BCUT2D eigenvalue weighted by molar-refractivity contribution is -0.143. The number of hydrogen-bond acceptors (Lipinski definition) is 13. The average molecular weight is 853 g/mol. The molecule has 2 fully saturated rings. The Bertz CT molecular complexity index is 2050. The molecule has 2 saturated heterocycles. The fraction of sp³-hybridized carbons (Fsp3) is 0.385. The minimum Gasteiger partial charge on any atom is -0.493 e. The standard InChI is InChI=1S/C19H17Cl2NO5.C14H16O6.C6H5Cl2N/c1-24-16-3-2-11(15(23)4-12-13(20)5-22-6-14(12)21)17-18(16)27-10-19(9-26-17)7-25-8-19;1-16-10-4-3-9(13(15)17-2)11-12(10)20-8-14(7-19-11)5-18-6-14;1-4-5(7)2-9-3-6(4)8/h2-3,5-6H,4,7-10H2,1H3;3-4H,5-8H2,1-2H3;2-3H,1H3.